The fourth-order valence-corrected chi connectivity index (χ4v) is 3.21. The second-order valence-corrected chi connectivity index (χ2v) is 5.78. The van der Waals surface area contributed by atoms with Gasteiger partial charge in [-0.1, -0.05) is 11.3 Å². The molecule has 0 atom stereocenters. The molecule has 118 valence electrons. The molecule has 0 bridgehead atoms. The predicted molar refractivity (Wildman–Crippen MR) is 80.4 cm³/mol. The van der Waals surface area contributed by atoms with Crippen LogP contribution in [0.25, 0.3) is 4.96 Å². The average Bonchev–Trinajstić information content (AvgIpc) is 3.07. The highest BCUT2D eigenvalue weighted by Gasteiger charge is 2.30. The largest absolute Gasteiger partial charge is 0.468 e. The van der Waals surface area contributed by atoms with Gasteiger partial charge in [0.1, 0.15) is 6.20 Å². The van der Waals surface area contributed by atoms with Crippen LogP contribution in [0.2, 0.25) is 0 Å². The minimum absolute atomic E-state index is 0.00216. The number of hydrogen-bond donors (Lipinski definition) is 0. The summed E-state index contributed by atoms with van der Waals surface area (Å²) in [5, 5.41) is 13.1. The van der Waals surface area contributed by atoms with Gasteiger partial charge in [-0.15, -0.1) is 0 Å². The lowest BCUT2D eigenvalue weighted by molar-refractivity contribution is -0.389. The molecule has 10 heteroatoms. The van der Waals surface area contributed by atoms with Crippen LogP contribution in [-0.2, 0) is 9.53 Å². The Hall–Kier alpha value is -2.20. The first-order chi connectivity index (χ1) is 10.6. The number of hydrogen-bond acceptors (Lipinski definition) is 8. The SMILES string of the molecule is COC(=O)CN1CCN(c2nc3sccn3c2[N+](=O)[O-])CC1. The van der Waals surface area contributed by atoms with Gasteiger partial charge in [0, 0.05) is 31.6 Å². The Morgan fingerprint density at radius 2 is 2.18 bits per heavy atom. The van der Waals surface area contributed by atoms with E-state index in [2.05, 4.69) is 9.72 Å². The molecular weight excluding hydrogens is 310 g/mol. The summed E-state index contributed by atoms with van der Waals surface area (Å²) in [5.74, 6) is 0.120. The van der Waals surface area contributed by atoms with Crippen molar-refractivity contribution < 1.29 is 14.5 Å². The minimum atomic E-state index is -0.400. The third kappa shape index (κ3) is 2.62. The molecule has 0 amide bonds. The van der Waals surface area contributed by atoms with E-state index >= 15 is 0 Å². The van der Waals surface area contributed by atoms with Crippen molar-refractivity contribution in [3.8, 4) is 0 Å². The van der Waals surface area contributed by atoms with Gasteiger partial charge in [0.15, 0.2) is 0 Å². The summed E-state index contributed by atoms with van der Waals surface area (Å²) < 4.78 is 6.15. The number of carbonyl (C=O) groups excluding carboxylic acids is 1. The Bertz CT molecular complexity index is 703. The van der Waals surface area contributed by atoms with Crippen molar-refractivity contribution in [2.45, 2.75) is 0 Å². The summed E-state index contributed by atoms with van der Waals surface area (Å²) >= 11 is 1.36. The molecule has 9 nitrogen and oxygen atoms in total. The number of piperazine rings is 1. The number of methoxy groups -OCH3 is 1. The van der Waals surface area contributed by atoms with Crippen LogP contribution >= 0.6 is 11.3 Å². The van der Waals surface area contributed by atoms with E-state index in [0.29, 0.717) is 37.0 Å². The van der Waals surface area contributed by atoms with E-state index < -0.39 is 4.92 Å². The van der Waals surface area contributed by atoms with Crippen molar-refractivity contribution >= 4 is 33.9 Å². The molecule has 0 aromatic carbocycles. The van der Waals surface area contributed by atoms with Crippen molar-refractivity contribution in [2.75, 3.05) is 44.7 Å². The minimum Gasteiger partial charge on any atom is -0.468 e. The second kappa shape index (κ2) is 5.89. The first kappa shape index (κ1) is 14.7. The summed E-state index contributed by atoms with van der Waals surface area (Å²) in [5.41, 5.74) is 0. The lowest BCUT2D eigenvalue weighted by Crippen LogP contribution is -2.48. The van der Waals surface area contributed by atoms with Gasteiger partial charge < -0.3 is 19.8 Å². The molecular formula is C12H15N5O4S. The number of esters is 1. The summed E-state index contributed by atoms with van der Waals surface area (Å²) in [6.45, 7) is 2.69. The quantitative estimate of drug-likeness (QED) is 0.461. The van der Waals surface area contributed by atoms with Gasteiger partial charge in [-0.25, -0.2) is 0 Å². The average molecular weight is 325 g/mol. The molecule has 0 aliphatic carbocycles. The van der Waals surface area contributed by atoms with Crippen LogP contribution in [0.15, 0.2) is 11.6 Å². The van der Waals surface area contributed by atoms with Gasteiger partial charge in [-0.2, -0.15) is 9.38 Å². The molecule has 0 saturated carbocycles. The number of nitro groups is 1. The number of ether oxygens (including phenoxy) is 1. The Morgan fingerprint density at radius 1 is 1.45 bits per heavy atom. The van der Waals surface area contributed by atoms with Crippen molar-refractivity contribution in [3.63, 3.8) is 0 Å². The van der Waals surface area contributed by atoms with Crippen LogP contribution < -0.4 is 4.90 Å². The van der Waals surface area contributed by atoms with E-state index in [1.54, 1.807) is 11.6 Å². The third-order valence-electron chi connectivity index (χ3n) is 3.64. The van der Waals surface area contributed by atoms with E-state index in [0.717, 1.165) is 0 Å². The van der Waals surface area contributed by atoms with Crippen molar-refractivity contribution in [1.29, 1.82) is 0 Å². The van der Waals surface area contributed by atoms with Gasteiger partial charge in [0.25, 0.3) is 4.96 Å². The monoisotopic (exact) mass is 325 g/mol. The number of nitrogens with zero attached hydrogens (tertiary/aromatic N) is 5. The second-order valence-electron chi connectivity index (χ2n) is 4.91. The lowest BCUT2D eigenvalue weighted by atomic mass is 10.3. The molecule has 1 fully saturated rings. The normalized spacial score (nSPS) is 16.1. The van der Waals surface area contributed by atoms with Crippen LogP contribution in [0.4, 0.5) is 11.6 Å². The highest BCUT2D eigenvalue weighted by atomic mass is 32.1. The summed E-state index contributed by atoms with van der Waals surface area (Å²) in [4.78, 5) is 31.1. The van der Waals surface area contributed by atoms with E-state index in [-0.39, 0.29) is 18.3 Å². The maximum Gasteiger partial charge on any atom is 0.373 e. The third-order valence-corrected chi connectivity index (χ3v) is 4.40. The fraction of sp³-hybridized carbons (Fsp3) is 0.500. The van der Waals surface area contributed by atoms with Crippen LogP contribution in [0, 0.1) is 10.1 Å². The smallest absolute Gasteiger partial charge is 0.373 e. The Labute approximate surface area is 129 Å². The molecule has 0 radical (unpaired) electrons. The maximum atomic E-state index is 11.3. The molecule has 22 heavy (non-hydrogen) atoms. The highest BCUT2D eigenvalue weighted by molar-refractivity contribution is 7.15. The number of carbonyl (C=O) groups is 1. The molecule has 1 aliphatic heterocycles. The molecule has 0 unspecified atom stereocenters. The molecule has 1 aliphatic rings. The van der Waals surface area contributed by atoms with Gasteiger partial charge in [-0.05, 0) is 4.92 Å². The molecule has 2 aromatic heterocycles. The van der Waals surface area contributed by atoms with Crippen LogP contribution in [0.5, 0.6) is 0 Å². The van der Waals surface area contributed by atoms with E-state index in [1.807, 2.05) is 9.80 Å². The van der Waals surface area contributed by atoms with Crippen molar-refractivity contribution in [2.24, 2.45) is 0 Å². The highest BCUT2D eigenvalue weighted by Crippen LogP contribution is 2.31. The number of aromatic nitrogens is 2. The molecule has 0 spiro atoms. The molecule has 0 N–H and O–H groups in total. The van der Waals surface area contributed by atoms with Crippen molar-refractivity contribution in [1.82, 2.24) is 14.3 Å². The summed E-state index contributed by atoms with van der Waals surface area (Å²) in [6, 6.07) is 0. The van der Waals surface area contributed by atoms with E-state index in [9.17, 15) is 14.9 Å². The van der Waals surface area contributed by atoms with Crippen molar-refractivity contribution in [3.05, 3.63) is 21.7 Å². The van der Waals surface area contributed by atoms with Gasteiger partial charge in [-0.3, -0.25) is 9.69 Å². The maximum absolute atomic E-state index is 11.3. The first-order valence-corrected chi connectivity index (χ1v) is 7.62. The van der Waals surface area contributed by atoms with Gasteiger partial charge >= 0.3 is 11.8 Å². The zero-order chi connectivity index (χ0) is 15.7. The number of rotatable bonds is 4. The summed E-state index contributed by atoms with van der Waals surface area (Å²) in [7, 11) is 1.36. The Morgan fingerprint density at radius 3 is 2.82 bits per heavy atom. The fourth-order valence-electron chi connectivity index (χ4n) is 2.51. The van der Waals surface area contributed by atoms with Crippen LogP contribution in [-0.4, -0.2) is 65.0 Å². The Balaban J connectivity index is 1.76. The molecule has 1 saturated heterocycles. The number of fused-ring (bicyclic) bond motifs is 1. The van der Waals surface area contributed by atoms with E-state index in [1.165, 1.54) is 22.8 Å². The predicted octanol–water partition coefficient (Wildman–Crippen LogP) is 0.599. The molecule has 2 aromatic rings. The number of imidazole rings is 1. The standard InChI is InChI=1S/C12H15N5O4S/c1-21-9(18)8-14-2-4-15(5-3-14)10-11(17(19)20)16-6-7-22-12(16)13-10/h6-7H,2-5,8H2,1H3. The topological polar surface area (TPSA) is 93.2 Å². The Kier molecular flexibility index (Phi) is 3.94. The number of anilines is 1. The zero-order valence-corrected chi connectivity index (χ0v) is 12.8. The zero-order valence-electron chi connectivity index (χ0n) is 12.0. The number of thiazole rings is 1. The first-order valence-electron chi connectivity index (χ1n) is 6.74. The van der Waals surface area contributed by atoms with Crippen LogP contribution in [0.3, 0.4) is 0 Å². The molecule has 3 heterocycles. The molecule has 3 rings (SSSR count). The van der Waals surface area contributed by atoms with E-state index in [4.69, 9.17) is 0 Å². The van der Waals surface area contributed by atoms with Gasteiger partial charge in [0.05, 0.1) is 13.7 Å². The lowest BCUT2D eigenvalue weighted by Gasteiger charge is -2.33. The summed E-state index contributed by atoms with van der Waals surface area (Å²) in [6.07, 6.45) is 1.65. The van der Waals surface area contributed by atoms with Crippen LogP contribution in [0.1, 0.15) is 0 Å². The van der Waals surface area contributed by atoms with Gasteiger partial charge in [0.2, 0.25) is 5.82 Å².